The first-order chi connectivity index (χ1) is 12.4. The third-order valence-corrected chi connectivity index (χ3v) is 4.42. The molecule has 0 saturated heterocycles. The van der Waals surface area contributed by atoms with Crippen LogP contribution in [0.1, 0.15) is 25.8 Å². The third-order valence-electron chi connectivity index (χ3n) is 4.06. The van der Waals surface area contributed by atoms with E-state index < -0.39 is 17.8 Å². The van der Waals surface area contributed by atoms with Crippen molar-refractivity contribution in [3.8, 4) is 0 Å². The zero-order valence-corrected chi connectivity index (χ0v) is 15.8. The van der Waals surface area contributed by atoms with E-state index in [0.717, 1.165) is 0 Å². The van der Waals surface area contributed by atoms with Gasteiger partial charge in [-0.2, -0.15) is 0 Å². The lowest BCUT2D eigenvalue weighted by molar-refractivity contribution is -0.139. The Kier molecular flexibility index (Phi) is 6.99. The first-order valence-corrected chi connectivity index (χ1v) is 8.84. The summed E-state index contributed by atoms with van der Waals surface area (Å²) in [5.41, 5.74) is 1.21. The molecule has 1 aliphatic rings. The second kappa shape index (κ2) is 9.00. The number of carbonyl (C=O) groups excluding carboxylic acids is 2. The lowest BCUT2D eigenvalue weighted by Crippen LogP contribution is -2.51. The van der Waals surface area contributed by atoms with E-state index in [4.69, 9.17) is 16.3 Å². The molecule has 2 amide bonds. The van der Waals surface area contributed by atoms with Crippen LogP contribution >= 0.6 is 11.6 Å². The van der Waals surface area contributed by atoms with Gasteiger partial charge in [0, 0.05) is 29.4 Å². The van der Waals surface area contributed by atoms with E-state index in [1.165, 1.54) is 6.07 Å². The van der Waals surface area contributed by atoms with Crippen LogP contribution < -0.4 is 10.6 Å². The SMILES string of the molecule is CCOC(=O)C1=C(CN(C)Cc2c(F)cccc2Cl)NC(=O)N[C@H]1CC. The minimum atomic E-state index is -0.473. The molecule has 1 aromatic carbocycles. The summed E-state index contributed by atoms with van der Waals surface area (Å²) in [6, 6.07) is 3.70. The fraction of sp³-hybridized carbons (Fsp3) is 0.444. The molecule has 1 atom stereocenters. The summed E-state index contributed by atoms with van der Waals surface area (Å²) < 4.78 is 19.1. The number of esters is 1. The predicted molar refractivity (Wildman–Crippen MR) is 97.1 cm³/mol. The number of halogens is 2. The molecule has 26 heavy (non-hydrogen) atoms. The second-order valence-corrected chi connectivity index (χ2v) is 6.45. The quantitative estimate of drug-likeness (QED) is 0.710. The number of hydrogen-bond donors (Lipinski definition) is 2. The Morgan fingerprint density at radius 2 is 2.08 bits per heavy atom. The molecular formula is C18H23ClFN3O3. The molecule has 0 bridgehead atoms. The molecule has 1 heterocycles. The van der Waals surface area contributed by atoms with Crippen LogP contribution in [0.25, 0.3) is 0 Å². The number of nitrogens with zero attached hydrogens (tertiary/aromatic N) is 1. The van der Waals surface area contributed by atoms with E-state index in [1.54, 1.807) is 31.0 Å². The van der Waals surface area contributed by atoms with Gasteiger partial charge in [0.1, 0.15) is 5.82 Å². The highest BCUT2D eigenvalue weighted by atomic mass is 35.5. The molecule has 0 spiro atoms. The molecule has 0 unspecified atom stereocenters. The van der Waals surface area contributed by atoms with Gasteiger partial charge >= 0.3 is 12.0 Å². The van der Waals surface area contributed by atoms with Crippen molar-refractivity contribution >= 4 is 23.6 Å². The molecule has 1 aliphatic heterocycles. The average molecular weight is 384 g/mol. The number of urea groups is 1. The summed E-state index contributed by atoms with van der Waals surface area (Å²) in [5.74, 6) is -0.871. The van der Waals surface area contributed by atoms with Crippen LogP contribution in [-0.4, -0.2) is 43.1 Å². The van der Waals surface area contributed by atoms with E-state index in [2.05, 4.69) is 10.6 Å². The van der Waals surface area contributed by atoms with Crippen molar-refractivity contribution in [2.45, 2.75) is 32.9 Å². The van der Waals surface area contributed by atoms with Crippen LogP contribution in [0.3, 0.4) is 0 Å². The van der Waals surface area contributed by atoms with Crippen molar-refractivity contribution in [1.29, 1.82) is 0 Å². The van der Waals surface area contributed by atoms with Gasteiger partial charge in [-0.15, -0.1) is 0 Å². The fourth-order valence-electron chi connectivity index (χ4n) is 2.87. The Morgan fingerprint density at radius 3 is 2.69 bits per heavy atom. The van der Waals surface area contributed by atoms with Crippen LogP contribution in [0.5, 0.6) is 0 Å². The Bertz CT molecular complexity index is 703. The number of ether oxygens (including phenoxy) is 1. The first-order valence-electron chi connectivity index (χ1n) is 8.46. The van der Waals surface area contributed by atoms with E-state index >= 15 is 0 Å². The van der Waals surface area contributed by atoms with Crippen molar-refractivity contribution in [1.82, 2.24) is 15.5 Å². The van der Waals surface area contributed by atoms with Crippen LogP contribution in [0.2, 0.25) is 5.02 Å². The first kappa shape index (κ1) is 20.2. The van der Waals surface area contributed by atoms with E-state index in [1.807, 2.05) is 6.92 Å². The Hall–Kier alpha value is -2.12. The lowest BCUT2D eigenvalue weighted by Gasteiger charge is -2.30. The maximum atomic E-state index is 14.0. The normalized spacial score (nSPS) is 17.2. The summed E-state index contributed by atoms with van der Waals surface area (Å²) in [5, 5.41) is 5.73. The maximum Gasteiger partial charge on any atom is 0.337 e. The number of benzene rings is 1. The molecule has 8 heteroatoms. The summed E-state index contributed by atoms with van der Waals surface area (Å²) in [4.78, 5) is 26.0. The molecule has 0 saturated carbocycles. The Balaban J connectivity index is 2.26. The lowest BCUT2D eigenvalue weighted by atomic mass is 10.00. The van der Waals surface area contributed by atoms with Crippen LogP contribution in [0, 0.1) is 5.82 Å². The highest BCUT2D eigenvalue weighted by Crippen LogP contribution is 2.22. The Morgan fingerprint density at radius 1 is 1.35 bits per heavy atom. The monoisotopic (exact) mass is 383 g/mol. The fourth-order valence-corrected chi connectivity index (χ4v) is 3.09. The predicted octanol–water partition coefficient (Wildman–Crippen LogP) is 2.82. The molecule has 6 nitrogen and oxygen atoms in total. The number of rotatable bonds is 7. The molecule has 142 valence electrons. The van der Waals surface area contributed by atoms with Crippen molar-refractivity contribution < 1.29 is 18.7 Å². The van der Waals surface area contributed by atoms with Crippen molar-refractivity contribution in [3.05, 3.63) is 45.9 Å². The Labute approximate surface area is 157 Å². The van der Waals surface area contributed by atoms with Crippen molar-refractivity contribution in [2.75, 3.05) is 20.2 Å². The zero-order valence-electron chi connectivity index (χ0n) is 15.1. The maximum absolute atomic E-state index is 14.0. The standard InChI is InChI=1S/C18H23ClFN3O3/c1-4-14-16(17(24)26-5-2)15(22-18(25)21-14)10-23(3)9-11-12(19)7-6-8-13(11)20/h6-8,14H,4-5,9-10H2,1-3H3,(H2,21,22,25)/t14-/m0/s1. The minimum Gasteiger partial charge on any atom is -0.463 e. The summed E-state index contributed by atoms with van der Waals surface area (Å²) in [6.07, 6.45) is 0.550. The van der Waals surface area contributed by atoms with E-state index in [0.29, 0.717) is 28.3 Å². The number of nitrogens with one attached hydrogen (secondary N) is 2. The molecule has 2 rings (SSSR count). The number of hydrogen-bond acceptors (Lipinski definition) is 4. The number of carbonyl (C=O) groups is 2. The van der Waals surface area contributed by atoms with Crippen LogP contribution in [-0.2, 0) is 16.1 Å². The molecule has 0 radical (unpaired) electrons. The van der Waals surface area contributed by atoms with Gasteiger partial charge in [-0.05, 0) is 32.5 Å². The van der Waals surface area contributed by atoms with E-state index in [9.17, 15) is 14.0 Å². The highest BCUT2D eigenvalue weighted by molar-refractivity contribution is 6.31. The number of amides is 2. The molecule has 0 aliphatic carbocycles. The zero-order chi connectivity index (χ0) is 19.3. The summed E-state index contributed by atoms with van der Waals surface area (Å²) >= 11 is 6.07. The van der Waals surface area contributed by atoms with Gasteiger partial charge in [0.2, 0.25) is 0 Å². The van der Waals surface area contributed by atoms with Gasteiger partial charge in [-0.1, -0.05) is 24.6 Å². The minimum absolute atomic E-state index is 0.227. The molecular weight excluding hydrogens is 361 g/mol. The number of likely N-dealkylation sites (N-methyl/N-ethyl adjacent to an activating group) is 1. The molecule has 0 fully saturated rings. The topological polar surface area (TPSA) is 70.7 Å². The van der Waals surface area contributed by atoms with Gasteiger partial charge in [-0.3, -0.25) is 4.90 Å². The van der Waals surface area contributed by atoms with E-state index in [-0.39, 0.29) is 25.7 Å². The molecule has 1 aromatic rings. The summed E-state index contributed by atoms with van der Waals surface area (Å²) in [7, 11) is 1.76. The van der Waals surface area contributed by atoms with Gasteiger partial charge in [-0.25, -0.2) is 14.0 Å². The van der Waals surface area contributed by atoms with Gasteiger partial charge < -0.3 is 15.4 Å². The van der Waals surface area contributed by atoms with Gasteiger partial charge in [0.25, 0.3) is 0 Å². The van der Waals surface area contributed by atoms with Crippen LogP contribution in [0.4, 0.5) is 9.18 Å². The highest BCUT2D eigenvalue weighted by Gasteiger charge is 2.31. The smallest absolute Gasteiger partial charge is 0.337 e. The molecule has 0 aromatic heterocycles. The van der Waals surface area contributed by atoms with Crippen molar-refractivity contribution in [2.24, 2.45) is 0 Å². The van der Waals surface area contributed by atoms with Crippen molar-refractivity contribution in [3.63, 3.8) is 0 Å². The van der Waals surface area contributed by atoms with Crippen LogP contribution in [0.15, 0.2) is 29.5 Å². The molecule has 2 N–H and O–H groups in total. The van der Waals surface area contributed by atoms with Gasteiger partial charge in [0.05, 0.1) is 18.2 Å². The average Bonchev–Trinajstić information content (AvgIpc) is 2.57. The second-order valence-electron chi connectivity index (χ2n) is 6.04. The third kappa shape index (κ3) is 4.74. The van der Waals surface area contributed by atoms with Gasteiger partial charge in [0.15, 0.2) is 0 Å². The summed E-state index contributed by atoms with van der Waals surface area (Å²) in [6.45, 7) is 4.30. The largest absolute Gasteiger partial charge is 0.463 e.